The van der Waals surface area contributed by atoms with Gasteiger partial charge in [0, 0.05) is 34.2 Å². The molecule has 7 nitrogen and oxygen atoms in total. The van der Waals surface area contributed by atoms with E-state index >= 15 is 0 Å². The first-order valence-electron chi connectivity index (χ1n) is 11.2. The average Bonchev–Trinajstić information content (AvgIpc) is 3.67. The number of hydrogen-bond donors (Lipinski definition) is 4. The van der Waals surface area contributed by atoms with E-state index in [0.29, 0.717) is 16.8 Å². The van der Waals surface area contributed by atoms with Gasteiger partial charge in [-0.15, -0.1) is 0 Å². The summed E-state index contributed by atoms with van der Waals surface area (Å²) in [4.78, 5) is 36.8. The van der Waals surface area contributed by atoms with E-state index in [0.717, 1.165) is 25.0 Å². The van der Waals surface area contributed by atoms with Crippen molar-refractivity contribution in [3.8, 4) is 0 Å². The predicted octanol–water partition coefficient (Wildman–Crippen LogP) is 4.90. The van der Waals surface area contributed by atoms with Crippen LogP contribution in [-0.4, -0.2) is 30.3 Å². The minimum atomic E-state index is -4.73. The summed E-state index contributed by atoms with van der Waals surface area (Å²) in [5.74, 6) is -1.39. The summed E-state index contributed by atoms with van der Waals surface area (Å²) in [6.07, 6.45) is -2.85. The molecular formula is C26H23F3N4O3. The van der Waals surface area contributed by atoms with E-state index in [4.69, 9.17) is 0 Å². The Bertz CT molecular complexity index is 1270. The van der Waals surface area contributed by atoms with Crippen LogP contribution in [0.25, 0.3) is 0 Å². The first-order chi connectivity index (χ1) is 17.2. The van der Waals surface area contributed by atoms with Crippen molar-refractivity contribution in [2.24, 2.45) is 0 Å². The fraction of sp³-hybridized carbons (Fsp3) is 0.192. The Morgan fingerprint density at radius 1 is 0.778 bits per heavy atom. The normalized spacial score (nSPS) is 13.0. The minimum absolute atomic E-state index is 0.0348. The van der Waals surface area contributed by atoms with Crippen LogP contribution in [-0.2, 0) is 11.0 Å². The molecule has 1 aliphatic carbocycles. The Kier molecular flexibility index (Phi) is 7.23. The Labute approximate surface area is 205 Å². The molecule has 1 aliphatic rings. The van der Waals surface area contributed by atoms with Gasteiger partial charge in [-0.05, 0) is 61.4 Å². The van der Waals surface area contributed by atoms with Crippen molar-refractivity contribution in [2.45, 2.75) is 25.1 Å². The standard InChI is InChI=1S/C26H23F3N4O3/c27-26(28,29)21-14-20(33-24(35)16-5-2-1-3-6-16)11-12-22(21)30-15-23(34)31-19-8-4-7-17(13-19)25(36)32-18-9-10-18/h1-8,11-14,18,30H,9-10,15H2,(H,31,34)(H,32,36)(H,33,35). The fourth-order valence-corrected chi connectivity index (χ4v) is 3.42. The number of benzene rings is 3. The summed E-state index contributed by atoms with van der Waals surface area (Å²) >= 11 is 0. The van der Waals surface area contributed by atoms with Gasteiger partial charge in [0.25, 0.3) is 11.8 Å². The summed E-state index contributed by atoms with van der Waals surface area (Å²) in [6, 6.07) is 17.9. The number of halogens is 3. The zero-order valence-corrected chi connectivity index (χ0v) is 19.0. The smallest absolute Gasteiger partial charge is 0.376 e. The molecule has 0 bridgehead atoms. The molecule has 0 unspecified atom stereocenters. The number of rotatable bonds is 8. The van der Waals surface area contributed by atoms with Crippen LogP contribution in [0.1, 0.15) is 39.1 Å². The molecule has 1 fully saturated rings. The molecule has 4 N–H and O–H groups in total. The molecule has 186 valence electrons. The van der Waals surface area contributed by atoms with E-state index in [9.17, 15) is 27.6 Å². The summed E-state index contributed by atoms with van der Waals surface area (Å²) in [7, 11) is 0. The minimum Gasteiger partial charge on any atom is -0.376 e. The van der Waals surface area contributed by atoms with E-state index in [2.05, 4.69) is 21.3 Å². The van der Waals surface area contributed by atoms with Gasteiger partial charge in [0.2, 0.25) is 5.91 Å². The van der Waals surface area contributed by atoms with Crippen LogP contribution in [0.3, 0.4) is 0 Å². The lowest BCUT2D eigenvalue weighted by molar-refractivity contribution is -0.137. The summed E-state index contributed by atoms with van der Waals surface area (Å²) in [6.45, 7) is -0.447. The Morgan fingerprint density at radius 2 is 1.47 bits per heavy atom. The van der Waals surface area contributed by atoms with Crippen LogP contribution in [0.4, 0.5) is 30.2 Å². The van der Waals surface area contributed by atoms with E-state index in [1.165, 1.54) is 12.1 Å². The topological polar surface area (TPSA) is 99.3 Å². The zero-order chi connectivity index (χ0) is 25.7. The maximum absolute atomic E-state index is 13.7. The van der Waals surface area contributed by atoms with E-state index in [1.54, 1.807) is 48.5 Å². The molecule has 10 heteroatoms. The second kappa shape index (κ2) is 10.5. The zero-order valence-electron chi connectivity index (χ0n) is 19.0. The maximum Gasteiger partial charge on any atom is 0.418 e. The molecule has 3 aromatic rings. The average molecular weight is 496 g/mol. The molecule has 0 atom stereocenters. The van der Waals surface area contributed by atoms with Gasteiger partial charge in [0.1, 0.15) is 0 Å². The molecule has 36 heavy (non-hydrogen) atoms. The second-order valence-electron chi connectivity index (χ2n) is 8.31. The highest BCUT2D eigenvalue weighted by Crippen LogP contribution is 2.36. The van der Waals surface area contributed by atoms with Crippen LogP contribution in [0.5, 0.6) is 0 Å². The van der Waals surface area contributed by atoms with Crippen LogP contribution in [0.15, 0.2) is 72.8 Å². The summed E-state index contributed by atoms with van der Waals surface area (Å²) < 4.78 is 41.1. The second-order valence-corrected chi connectivity index (χ2v) is 8.31. The van der Waals surface area contributed by atoms with Crippen molar-refractivity contribution < 1.29 is 27.6 Å². The van der Waals surface area contributed by atoms with Crippen molar-refractivity contribution in [3.63, 3.8) is 0 Å². The highest BCUT2D eigenvalue weighted by molar-refractivity contribution is 6.04. The van der Waals surface area contributed by atoms with Crippen molar-refractivity contribution >= 4 is 34.8 Å². The van der Waals surface area contributed by atoms with E-state index in [-0.39, 0.29) is 23.3 Å². The van der Waals surface area contributed by atoms with Crippen LogP contribution < -0.4 is 21.3 Å². The van der Waals surface area contributed by atoms with Crippen LogP contribution >= 0.6 is 0 Å². The number of carbonyl (C=O) groups excluding carboxylic acids is 3. The van der Waals surface area contributed by atoms with Gasteiger partial charge in [-0.3, -0.25) is 14.4 Å². The van der Waals surface area contributed by atoms with Gasteiger partial charge in [-0.1, -0.05) is 24.3 Å². The van der Waals surface area contributed by atoms with E-state index < -0.39 is 30.1 Å². The highest BCUT2D eigenvalue weighted by atomic mass is 19.4. The molecule has 0 aromatic heterocycles. The first kappa shape index (κ1) is 24.8. The van der Waals surface area contributed by atoms with Gasteiger partial charge in [-0.25, -0.2) is 0 Å². The SMILES string of the molecule is O=C(CNc1ccc(NC(=O)c2ccccc2)cc1C(F)(F)F)Nc1cccc(C(=O)NC2CC2)c1. The summed E-state index contributed by atoms with van der Waals surface area (Å²) in [5.41, 5.74) is -0.347. The van der Waals surface area contributed by atoms with Gasteiger partial charge in [0.15, 0.2) is 0 Å². The molecule has 4 rings (SSSR count). The van der Waals surface area contributed by atoms with Gasteiger partial charge >= 0.3 is 6.18 Å². The third-order valence-electron chi connectivity index (χ3n) is 5.38. The Balaban J connectivity index is 1.40. The van der Waals surface area contributed by atoms with Crippen molar-refractivity contribution in [3.05, 3.63) is 89.5 Å². The molecule has 1 saturated carbocycles. The van der Waals surface area contributed by atoms with Crippen molar-refractivity contribution in [1.29, 1.82) is 0 Å². The molecule has 0 saturated heterocycles. The Hall–Kier alpha value is -4.34. The van der Waals surface area contributed by atoms with Crippen LogP contribution in [0, 0.1) is 0 Å². The first-order valence-corrected chi connectivity index (χ1v) is 11.2. The molecule has 0 radical (unpaired) electrons. The number of amides is 3. The molecule has 0 spiro atoms. The van der Waals surface area contributed by atoms with E-state index in [1.807, 2.05) is 0 Å². The van der Waals surface area contributed by atoms with Crippen molar-refractivity contribution in [1.82, 2.24) is 5.32 Å². The molecular weight excluding hydrogens is 473 g/mol. The quantitative estimate of drug-likeness (QED) is 0.357. The maximum atomic E-state index is 13.7. The fourth-order valence-electron chi connectivity index (χ4n) is 3.42. The third kappa shape index (κ3) is 6.62. The van der Waals surface area contributed by atoms with Crippen molar-refractivity contribution in [2.75, 3.05) is 22.5 Å². The number of anilines is 3. The van der Waals surface area contributed by atoms with Crippen LogP contribution in [0.2, 0.25) is 0 Å². The molecule has 3 aromatic carbocycles. The van der Waals surface area contributed by atoms with Gasteiger partial charge in [0.05, 0.1) is 12.1 Å². The highest BCUT2D eigenvalue weighted by Gasteiger charge is 2.34. The van der Waals surface area contributed by atoms with Gasteiger partial charge in [-0.2, -0.15) is 13.2 Å². The predicted molar refractivity (Wildman–Crippen MR) is 130 cm³/mol. The lowest BCUT2D eigenvalue weighted by atomic mass is 10.1. The summed E-state index contributed by atoms with van der Waals surface area (Å²) in [5, 5.41) is 10.4. The molecule has 0 heterocycles. The number of carbonyl (C=O) groups is 3. The van der Waals surface area contributed by atoms with Gasteiger partial charge < -0.3 is 21.3 Å². The number of hydrogen-bond acceptors (Lipinski definition) is 4. The monoisotopic (exact) mass is 496 g/mol. The number of nitrogens with one attached hydrogen (secondary N) is 4. The molecule has 0 aliphatic heterocycles. The number of alkyl halides is 3. The lowest BCUT2D eigenvalue weighted by Crippen LogP contribution is -2.26. The largest absolute Gasteiger partial charge is 0.418 e. The molecule has 3 amide bonds. The lowest BCUT2D eigenvalue weighted by Gasteiger charge is -2.16. The third-order valence-corrected chi connectivity index (χ3v) is 5.38. The Morgan fingerprint density at radius 3 is 2.17 bits per heavy atom.